The van der Waals surface area contributed by atoms with E-state index in [0.717, 1.165) is 12.1 Å². The second kappa shape index (κ2) is 9.34. The molecule has 7 nitrogen and oxygen atoms in total. The van der Waals surface area contributed by atoms with E-state index in [1.54, 1.807) is 24.3 Å². The summed E-state index contributed by atoms with van der Waals surface area (Å²) in [4.78, 5) is 26.6. The minimum atomic E-state index is -4.48. The van der Waals surface area contributed by atoms with Crippen LogP contribution in [0.5, 0.6) is 5.75 Å². The van der Waals surface area contributed by atoms with Crippen LogP contribution in [0.1, 0.15) is 61.1 Å². The van der Waals surface area contributed by atoms with E-state index < -0.39 is 23.7 Å². The van der Waals surface area contributed by atoms with Crippen LogP contribution in [-0.4, -0.2) is 28.1 Å². The predicted molar refractivity (Wildman–Crippen MR) is 136 cm³/mol. The van der Waals surface area contributed by atoms with Crippen molar-refractivity contribution in [2.24, 2.45) is 5.41 Å². The number of amides is 1. The monoisotopic (exact) mass is 524 g/mol. The molecule has 1 amide bonds. The van der Waals surface area contributed by atoms with Gasteiger partial charge in [0.2, 0.25) is 0 Å². The molecule has 0 radical (unpaired) electrons. The van der Waals surface area contributed by atoms with Crippen molar-refractivity contribution in [3.05, 3.63) is 82.7 Å². The number of hydrogen-bond donors (Lipinski definition) is 2. The number of ether oxygens (including phenoxy) is 1. The van der Waals surface area contributed by atoms with E-state index in [9.17, 15) is 22.8 Å². The Balaban J connectivity index is 1.53. The molecule has 2 aromatic carbocycles. The molecule has 1 aromatic heterocycles. The smallest absolute Gasteiger partial charge is 0.416 e. The summed E-state index contributed by atoms with van der Waals surface area (Å²) in [7, 11) is 0. The third kappa shape index (κ3) is 4.78. The number of fused-ring (bicyclic) bond motifs is 1. The fraction of sp³-hybridized carbons (Fsp3) is 0.321. The van der Waals surface area contributed by atoms with Gasteiger partial charge in [0, 0.05) is 23.4 Å². The molecule has 0 spiro atoms. The number of halogens is 3. The highest BCUT2D eigenvalue weighted by atomic mass is 19.4. The number of anilines is 2. The summed E-state index contributed by atoms with van der Waals surface area (Å²) in [6.07, 6.45) is -2.25. The van der Waals surface area contributed by atoms with E-state index in [1.807, 2.05) is 20.8 Å². The lowest BCUT2D eigenvalue weighted by Gasteiger charge is -2.39. The molecule has 2 heterocycles. The Morgan fingerprint density at radius 2 is 1.82 bits per heavy atom. The van der Waals surface area contributed by atoms with Crippen molar-refractivity contribution in [2.75, 3.05) is 17.2 Å². The topological polar surface area (TPSA) is 85.2 Å². The summed E-state index contributed by atoms with van der Waals surface area (Å²) in [5, 5.41) is 10.5. The Morgan fingerprint density at radius 3 is 2.45 bits per heavy atom. The predicted octanol–water partition coefficient (Wildman–Crippen LogP) is 6.21. The second-order valence-corrected chi connectivity index (χ2v) is 10.2. The fourth-order valence-corrected chi connectivity index (χ4v) is 5.04. The van der Waals surface area contributed by atoms with Gasteiger partial charge in [-0.25, -0.2) is 4.68 Å². The Kier molecular flexibility index (Phi) is 6.28. The summed E-state index contributed by atoms with van der Waals surface area (Å²) >= 11 is 0. The third-order valence-corrected chi connectivity index (χ3v) is 6.72. The molecule has 0 bridgehead atoms. The maximum Gasteiger partial charge on any atom is 0.416 e. The van der Waals surface area contributed by atoms with Crippen LogP contribution < -0.4 is 15.4 Å². The van der Waals surface area contributed by atoms with Crippen molar-refractivity contribution in [3.63, 3.8) is 0 Å². The lowest BCUT2D eigenvalue weighted by Crippen LogP contribution is -2.37. The van der Waals surface area contributed by atoms with Gasteiger partial charge in [0.15, 0.2) is 5.78 Å². The number of allylic oxidation sites excluding steroid dienone is 2. The largest absolute Gasteiger partial charge is 0.494 e. The van der Waals surface area contributed by atoms with Crippen molar-refractivity contribution >= 4 is 23.2 Å². The summed E-state index contributed by atoms with van der Waals surface area (Å²) < 4.78 is 46.6. The maximum atomic E-state index is 13.3. The Hall–Kier alpha value is -4.08. The number of nitrogens with zero attached hydrogens (tertiary/aromatic N) is 2. The molecule has 10 heteroatoms. The number of ketones is 1. The Bertz CT molecular complexity index is 1420. The number of benzene rings is 2. The first-order valence-electron chi connectivity index (χ1n) is 12.3. The molecule has 2 N–H and O–H groups in total. The zero-order valence-corrected chi connectivity index (χ0v) is 21.1. The standard InChI is InChI=1S/C28H27F3N4O3/c1-4-38-19-11-9-18(10-12-19)33-26(37)20-15-32-35-24(16-5-7-17(8-6-16)28(29,30)31)23-21(34-25(20)35)13-27(2,3)14-22(23)36/h5-12,15,24,34H,4,13-14H2,1-3H3,(H,33,37). The van der Waals surface area contributed by atoms with Gasteiger partial charge in [0.05, 0.1) is 18.4 Å². The van der Waals surface area contributed by atoms with Gasteiger partial charge in [0.1, 0.15) is 23.2 Å². The van der Waals surface area contributed by atoms with Crippen LogP contribution in [0.3, 0.4) is 0 Å². The van der Waals surface area contributed by atoms with Gasteiger partial charge in [-0.2, -0.15) is 18.3 Å². The van der Waals surface area contributed by atoms with E-state index in [-0.39, 0.29) is 16.8 Å². The van der Waals surface area contributed by atoms with Crippen LogP contribution in [0.4, 0.5) is 24.7 Å². The van der Waals surface area contributed by atoms with Crippen LogP contribution in [0.2, 0.25) is 0 Å². The van der Waals surface area contributed by atoms with Crippen molar-refractivity contribution in [2.45, 2.75) is 45.8 Å². The highest BCUT2D eigenvalue weighted by molar-refractivity contribution is 6.08. The number of Topliss-reactive ketones (excluding diaryl/α,β-unsaturated/α-hetero) is 1. The van der Waals surface area contributed by atoms with Crippen LogP contribution >= 0.6 is 0 Å². The number of aromatic nitrogens is 2. The van der Waals surface area contributed by atoms with Crippen molar-refractivity contribution < 1.29 is 27.5 Å². The van der Waals surface area contributed by atoms with Gasteiger partial charge in [-0.05, 0) is 60.7 Å². The van der Waals surface area contributed by atoms with Gasteiger partial charge in [-0.1, -0.05) is 26.0 Å². The van der Waals surface area contributed by atoms with Crippen LogP contribution in [0.25, 0.3) is 0 Å². The van der Waals surface area contributed by atoms with Crippen molar-refractivity contribution in [1.29, 1.82) is 0 Å². The number of alkyl halides is 3. The molecule has 1 unspecified atom stereocenters. The highest BCUT2D eigenvalue weighted by Gasteiger charge is 2.42. The molecule has 0 fully saturated rings. The first-order chi connectivity index (χ1) is 18.0. The minimum Gasteiger partial charge on any atom is -0.494 e. The molecule has 198 valence electrons. The fourth-order valence-electron chi connectivity index (χ4n) is 5.04. The Morgan fingerprint density at radius 1 is 1.13 bits per heavy atom. The van der Waals surface area contributed by atoms with E-state index >= 15 is 0 Å². The lowest BCUT2D eigenvalue weighted by molar-refractivity contribution is -0.137. The molecule has 5 rings (SSSR count). The van der Waals surface area contributed by atoms with E-state index in [4.69, 9.17) is 4.74 Å². The molecule has 1 atom stereocenters. The molecular formula is C28H27F3N4O3. The molecule has 1 aliphatic carbocycles. The zero-order chi connectivity index (χ0) is 27.2. The summed E-state index contributed by atoms with van der Waals surface area (Å²) in [6.45, 7) is 6.37. The van der Waals surface area contributed by atoms with Crippen LogP contribution in [0, 0.1) is 5.41 Å². The maximum absolute atomic E-state index is 13.3. The van der Waals surface area contributed by atoms with Gasteiger partial charge >= 0.3 is 6.18 Å². The summed E-state index contributed by atoms with van der Waals surface area (Å²) in [5.41, 5.74) is 1.29. The molecule has 0 saturated carbocycles. The average molecular weight is 525 g/mol. The molecule has 1 aliphatic heterocycles. The minimum absolute atomic E-state index is 0.102. The van der Waals surface area contributed by atoms with Gasteiger partial charge in [0.25, 0.3) is 5.91 Å². The molecule has 2 aliphatic rings. The van der Waals surface area contributed by atoms with Gasteiger partial charge < -0.3 is 15.4 Å². The first-order valence-corrected chi connectivity index (χ1v) is 12.3. The van der Waals surface area contributed by atoms with Gasteiger partial charge in [-0.3, -0.25) is 9.59 Å². The van der Waals surface area contributed by atoms with Crippen LogP contribution in [-0.2, 0) is 11.0 Å². The number of nitrogens with one attached hydrogen (secondary N) is 2. The molecule has 3 aromatic rings. The lowest BCUT2D eigenvalue weighted by atomic mass is 9.73. The second-order valence-electron chi connectivity index (χ2n) is 10.2. The van der Waals surface area contributed by atoms with Crippen molar-refractivity contribution in [1.82, 2.24) is 9.78 Å². The quantitative estimate of drug-likeness (QED) is 0.415. The number of carbonyl (C=O) groups is 2. The SMILES string of the molecule is CCOc1ccc(NC(=O)c2cnn3c2NC2=C(C(=O)CC(C)(C)C2)C3c2ccc(C(F)(F)F)cc2)cc1. The van der Waals surface area contributed by atoms with E-state index in [2.05, 4.69) is 15.7 Å². The number of carbonyl (C=O) groups excluding carboxylic acids is 2. The van der Waals surface area contributed by atoms with E-state index in [0.29, 0.717) is 53.5 Å². The van der Waals surface area contributed by atoms with Crippen LogP contribution in [0.15, 0.2) is 66.0 Å². The Labute approximate surface area is 217 Å². The van der Waals surface area contributed by atoms with E-state index in [1.165, 1.54) is 23.0 Å². The summed E-state index contributed by atoms with van der Waals surface area (Å²) in [5.74, 6) is 0.538. The average Bonchev–Trinajstić information content (AvgIpc) is 3.26. The van der Waals surface area contributed by atoms with Gasteiger partial charge in [-0.15, -0.1) is 0 Å². The third-order valence-electron chi connectivity index (χ3n) is 6.72. The number of rotatable bonds is 5. The van der Waals surface area contributed by atoms with Crippen molar-refractivity contribution in [3.8, 4) is 5.75 Å². The molecule has 38 heavy (non-hydrogen) atoms. The number of hydrogen-bond acceptors (Lipinski definition) is 5. The molecular weight excluding hydrogens is 497 g/mol. The highest BCUT2D eigenvalue weighted by Crippen LogP contribution is 2.46. The zero-order valence-electron chi connectivity index (χ0n) is 21.1. The normalized spacial score (nSPS) is 18.4. The first kappa shape index (κ1) is 25.6. The molecule has 0 saturated heterocycles. The summed E-state index contributed by atoms with van der Waals surface area (Å²) in [6, 6.07) is 10.9.